The first-order valence-corrected chi connectivity index (χ1v) is 11.0. The number of benzene rings is 2. The van der Waals surface area contributed by atoms with Crippen LogP contribution in [0.15, 0.2) is 65.3 Å². The SMILES string of the molecule is CN(C(=O)COC(=O)C1COc2ccc(Cl)cc2C1)c1ccccc1C(=O)NCc1ccco1. The van der Waals surface area contributed by atoms with Crippen LogP contribution in [0.25, 0.3) is 0 Å². The Balaban J connectivity index is 1.35. The van der Waals surface area contributed by atoms with Crippen molar-refractivity contribution >= 4 is 35.1 Å². The minimum atomic E-state index is -0.538. The molecule has 0 saturated carbocycles. The molecule has 1 aliphatic heterocycles. The zero-order valence-corrected chi connectivity index (χ0v) is 19.2. The molecule has 2 aromatic carbocycles. The van der Waals surface area contributed by atoms with Crippen LogP contribution in [0.1, 0.15) is 21.7 Å². The molecule has 1 unspecified atom stereocenters. The molecule has 3 aromatic rings. The standard InChI is InChI=1S/C25H23ClN2O6/c1-28(21-7-3-2-6-20(21)24(30)27-13-19-5-4-10-32-19)23(29)15-34-25(31)17-11-16-12-18(26)8-9-22(16)33-14-17/h2-10,12,17H,11,13-15H2,1H3,(H,27,30). The number of amides is 2. The Kier molecular flexibility index (Phi) is 7.18. The fourth-order valence-electron chi connectivity index (χ4n) is 3.63. The summed E-state index contributed by atoms with van der Waals surface area (Å²) in [6, 6.07) is 15.4. The molecule has 0 aliphatic carbocycles. The highest BCUT2D eigenvalue weighted by Gasteiger charge is 2.28. The van der Waals surface area contributed by atoms with E-state index in [1.165, 1.54) is 18.2 Å². The van der Waals surface area contributed by atoms with Crippen LogP contribution >= 0.6 is 11.6 Å². The van der Waals surface area contributed by atoms with Crippen LogP contribution in [0.2, 0.25) is 5.02 Å². The lowest BCUT2D eigenvalue weighted by Crippen LogP contribution is -2.36. The number of likely N-dealkylation sites (N-methyl/N-ethyl adjacent to an activating group) is 1. The quantitative estimate of drug-likeness (QED) is 0.516. The summed E-state index contributed by atoms with van der Waals surface area (Å²) in [4.78, 5) is 39.3. The van der Waals surface area contributed by atoms with Crippen LogP contribution in [-0.2, 0) is 27.3 Å². The number of hydrogen-bond acceptors (Lipinski definition) is 6. The highest BCUT2D eigenvalue weighted by atomic mass is 35.5. The third kappa shape index (κ3) is 5.40. The van der Waals surface area contributed by atoms with Crippen molar-refractivity contribution in [1.82, 2.24) is 5.32 Å². The van der Waals surface area contributed by atoms with Crippen molar-refractivity contribution in [2.24, 2.45) is 5.92 Å². The predicted molar refractivity (Wildman–Crippen MR) is 125 cm³/mol. The van der Waals surface area contributed by atoms with E-state index in [1.54, 1.807) is 54.6 Å². The number of ether oxygens (including phenoxy) is 2. The summed E-state index contributed by atoms with van der Waals surface area (Å²) in [6.45, 7) is -0.0833. The third-order valence-electron chi connectivity index (χ3n) is 5.49. The largest absolute Gasteiger partial charge is 0.492 e. The summed E-state index contributed by atoms with van der Waals surface area (Å²) in [5.74, 6) is -0.606. The van der Waals surface area contributed by atoms with Crippen LogP contribution in [-0.4, -0.2) is 38.0 Å². The minimum Gasteiger partial charge on any atom is -0.492 e. The first-order valence-electron chi connectivity index (χ1n) is 10.7. The molecule has 9 heteroatoms. The van der Waals surface area contributed by atoms with Crippen LogP contribution in [0.4, 0.5) is 5.69 Å². The van der Waals surface area contributed by atoms with Gasteiger partial charge in [-0.2, -0.15) is 0 Å². The van der Waals surface area contributed by atoms with Crippen LogP contribution < -0.4 is 15.0 Å². The predicted octanol–water partition coefficient (Wildman–Crippen LogP) is 3.62. The number of carbonyl (C=O) groups excluding carboxylic acids is 3. The van der Waals surface area contributed by atoms with Crippen LogP contribution in [0.3, 0.4) is 0 Å². The van der Waals surface area contributed by atoms with Crippen LogP contribution in [0, 0.1) is 5.92 Å². The maximum absolute atomic E-state index is 12.7. The first-order chi connectivity index (χ1) is 16.4. The number of nitrogens with zero attached hydrogens (tertiary/aromatic N) is 1. The van der Waals surface area contributed by atoms with Crippen molar-refractivity contribution in [3.63, 3.8) is 0 Å². The Hall–Kier alpha value is -3.78. The summed E-state index contributed by atoms with van der Waals surface area (Å²) < 4.78 is 16.1. The molecule has 1 atom stereocenters. The Bertz CT molecular complexity index is 1190. The summed E-state index contributed by atoms with van der Waals surface area (Å²) in [5, 5.41) is 3.32. The molecule has 2 heterocycles. The Morgan fingerprint density at radius 3 is 2.76 bits per heavy atom. The van der Waals surface area contributed by atoms with E-state index in [0.29, 0.717) is 34.2 Å². The van der Waals surface area contributed by atoms with E-state index < -0.39 is 24.4 Å². The molecule has 0 fully saturated rings. The first kappa shape index (κ1) is 23.4. The van der Waals surface area contributed by atoms with Gasteiger partial charge in [-0.1, -0.05) is 23.7 Å². The van der Waals surface area contributed by atoms with Gasteiger partial charge in [-0.3, -0.25) is 14.4 Å². The Morgan fingerprint density at radius 2 is 1.97 bits per heavy atom. The number of nitrogens with one attached hydrogen (secondary N) is 1. The highest BCUT2D eigenvalue weighted by molar-refractivity contribution is 6.30. The van der Waals surface area contributed by atoms with Gasteiger partial charge in [0, 0.05) is 12.1 Å². The number of furan rings is 1. The maximum atomic E-state index is 12.7. The lowest BCUT2D eigenvalue weighted by Gasteiger charge is -2.25. The summed E-state index contributed by atoms with van der Waals surface area (Å²) in [7, 11) is 1.52. The number of rotatable bonds is 7. The van der Waals surface area contributed by atoms with Crippen molar-refractivity contribution in [1.29, 1.82) is 0 Å². The van der Waals surface area contributed by atoms with E-state index in [0.717, 1.165) is 5.56 Å². The van der Waals surface area contributed by atoms with Crippen molar-refractivity contribution < 1.29 is 28.3 Å². The molecule has 4 rings (SSSR count). The Morgan fingerprint density at radius 1 is 1.15 bits per heavy atom. The second-order valence-corrected chi connectivity index (χ2v) is 8.24. The van der Waals surface area contributed by atoms with Gasteiger partial charge in [0.25, 0.3) is 11.8 Å². The zero-order valence-electron chi connectivity index (χ0n) is 18.5. The molecule has 1 N–H and O–H groups in total. The van der Waals surface area contributed by atoms with Crippen molar-refractivity contribution in [2.75, 3.05) is 25.2 Å². The van der Waals surface area contributed by atoms with E-state index in [4.69, 9.17) is 25.5 Å². The number of anilines is 1. The normalized spacial score (nSPS) is 14.5. The van der Waals surface area contributed by atoms with Gasteiger partial charge < -0.3 is 24.1 Å². The van der Waals surface area contributed by atoms with Gasteiger partial charge in [-0.05, 0) is 54.4 Å². The monoisotopic (exact) mass is 482 g/mol. The molecule has 0 bridgehead atoms. The number of carbonyl (C=O) groups is 3. The van der Waals surface area contributed by atoms with E-state index in [1.807, 2.05) is 0 Å². The van der Waals surface area contributed by atoms with Crippen molar-refractivity contribution in [2.45, 2.75) is 13.0 Å². The molecule has 2 amide bonds. The van der Waals surface area contributed by atoms with Gasteiger partial charge in [0.2, 0.25) is 0 Å². The second-order valence-electron chi connectivity index (χ2n) is 7.80. The molecular weight excluding hydrogens is 460 g/mol. The van der Waals surface area contributed by atoms with Gasteiger partial charge >= 0.3 is 5.97 Å². The summed E-state index contributed by atoms with van der Waals surface area (Å²) in [6.07, 6.45) is 1.94. The molecule has 0 radical (unpaired) electrons. The number of halogens is 1. The van der Waals surface area contributed by atoms with Gasteiger partial charge in [-0.15, -0.1) is 0 Å². The third-order valence-corrected chi connectivity index (χ3v) is 5.72. The topological polar surface area (TPSA) is 98.1 Å². The second kappa shape index (κ2) is 10.4. The fourth-order valence-corrected chi connectivity index (χ4v) is 3.82. The summed E-state index contributed by atoms with van der Waals surface area (Å²) >= 11 is 6.03. The highest BCUT2D eigenvalue weighted by Crippen LogP contribution is 2.30. The number of hydrogen-bond donors (Lipinski definition) is 1. The molecule has 0 spiro atoms. The fraction of sp³-hybridized carbons (Fsp3) is 0.240. The van der Waals surface area contributed by atoms with Crippen molar-refractivity contribution in [3.05, 3.63) is 82.8 Å². The van der Waals surface area contributed by atoms with Crippen LogP contribution in [0.5, 0.6) is 5.75 Å². The molecule has 1 aromatic heterocycles. The minimum absolute atomic E-state index is 0.163. The average molecular weight is 483 g/mol. The number of esters is 1. The Labute approximate surface area is 201 Å². The number of para-hydroxylation sites is 1. The summed E-state index contributed by atoms with van der Waals surface area (Å²) in [5.41, 5.74) is 1.52. The van der Waals surface area contributed by atoms with Gasteiger partial charge in [-0.25, -0.2) is 0 Å². The van der Waals surface area contributed by atoms with Gasteiger partial charge in [0.1, 0.15) is 18.1 Å². The molecule has 176 valence electrons. The smallest absolute Gasteiger partial charge is 0.313 e. The van der Waals surface area contributed by atoms with Gasteiger partial charge in [0.15, 0.2) is 6.61 Å². The van der Waals surface area contributed by atoms with Crippen molar-refractivity contribution in [3.8, 4) is 5.75 Å². The molecule has 0 saturated heterocycles. The van der Waals surface area contributed by atoms with E-state index in [9.17, 15) is 14.4 Å². The van der Waals surface area contributed by atoms with E-state index in [2.05, 4.69) is 5.32 Å². The zero-order chi connectivity index (χ0) is 24.1. The lowest BCUT2D eigenvalue weighted by molar-refractivity contribution is -0.153. The maximum Gasteiger partial charge on any atom is 0.313 e. The average Bonchev–Trinajstić information content (AvgIpc) is 3.38. The molecule has 1 aliphatic rings. The molecule has 8 nitrogen and oxygen atoms in total. The van der Waals surface area contributed by atoms with Gasteiger partial charge in [0.05, 0.1) is 30.0 Å². The molecular formula is C25H23ClN2O6. The van der Waals surface area contributed by atoms with E-state index >= 15 is 0 Å². The lowest BCUT2D eigenvalue weighted by atomic mass is 9.97. The number of fused-ring (bicyclic) bond motifs is 1. The molecule has 34 heavy (non-hydrogen) atoms. The van der Waals surface area contributed by atoms with E-state index in [-0.39, 0.29) is 19.1 Å².